The van der Waals surface area contributed by atoms with Gasteiger partial charge < -0.3 is 15.1 Å². The van der Waals surface area contributed by atoms with Gasteiger partial charge in [0.25, 0.3) is 5.91 Å². The first kappa shape index (κ1) is 18.5. The van der Waals surface area contributed by atoms with E-state index in [-0.39, 0.29) is 5.91 Å². The minimum Gasteiger partial charge on any atom is -0.342 e. The lowest BCUT2D eigenvalue weighted by Crippen LogP contribution is -2.57. The summed E-state index contributed by atoms with van der Waals surface area (Å²) in [7, 11) is 0. The van der Waals surface area contributed by atoms with Gasteiger partial charge in [-0.15, -0.1) is 0 Å². The van der Waals surface area contributed by atoms with Gasteiger partial charge in [-0.3, -0.25) is 14.3 Å². The molecule has 0 radical (unpaired) electrons. The van der Waals surface area contributed by atoms with Gasteiger partial charge >= 0.3 is 0 Å². The van der Waals surface area contributed by atoms with Crippen molar-refractivity contribution in [2.45, 2.75) is 50.5 Å². The van der Waals surface area contributed by atoms with Crippen LogP contribution in [0.4, 0.5) is 0 Å². The molecule has 0 aliphatic carbocycles. The highest BCUT2D eigenvalue weighted by molar-refractivity contribution is 5.84. The summed E-state index contributed by atoms with van der Waals surface area (Å²) in [6.07, 6.45) is 10.1. The molecule has 27 heavy (non-hydrogen) atoms. The van der Waals surface area contributed by atoms with E-state index in [0.717, 1.165) is 77.8 Å². The van der Waals surface area contributed by atoms with E-state index in [9.17, 15) is 9.59 Å². The first-order valence-electron chi connectivity index (χ1n) is 10.5. The maximum absolute atomic E-state index is 13.5. The summed E-state index contributed by atoms with van der Waals surface area (Å²) in [6.45, 7) is 5.06. The van der Waals surface area contributed by atoms with Crippen LogP contribution in [-0.4, -0.2) is 70.7 Å². The van der Waals surface area contributed by atoms with Crippen molar-refractivity contribution >= 4 is 11.8 Å². The van der Waals surface area contributed by atoms with E-state index in [4.69, 9.17) is 0 Å². The van der Waals surface area contributed by atoms with Crippen molar-refractivity contribution in [3.05, 3.63) is 18.5 Å². The number of hydrogen-bond acceptors (Lipinski definition) is 4. The largest absolute Gasteiger partial charge is 0.342 e. The molecule has 3 saturated heterocycles. The standard InChI is InChI=1S/C20H31N5O2/c26-18-4-1-2-12-24(18)16-17-5-14-23(15-6-17)19(27)20(7-10-21-11-8-20)25-13-3-9-22-25/h3,9,13,17,21H,1-2,4-8,10-12,14-16H2. The van der Waals surface area contributed by atoms with Crippen LogP contribution in [0.25, 0.3) is 0 Å². The van der Waals surface area contributed by atoms with Gasteiger partial charge in [-0.25, -0.2) is 0 Å². The molecule has 0 atom stereocenters. The SMILES string of the molecule is O=C1CCCCN1CC1CCN(C(=O)C2(n3cccn3)CCNCC2)CC1. The Morgan fingerprint density at radius 3 is 2.63 bits per heavy atom. The zero-order valence-electron chi connectivity index (χ0n) is 16.1. The number of nitrogens with one attached hydrogen (secondary N) is 1. The van der Waals surface area contributed by atoms with E-state index in [1.54, 1.807) is 6.20 Å². The van der Waals surface area contributed by atoms with Crippen molar-refractivity contribution in [3.8, 4) is 0 Å². The first-order chi connectivity index (χ1) is 13.2. The number of carbonyl (C=O) groups is 2. The summed E-state index contributed by atoms with van der Waals surface area (Å²) in [4.78, 5) is 29.6. The molecule has 0 aromatic carbocycles. The highest BCUT2D eigenvalue weighted by atomic mass is 16.2. The van der Waals surface area contributed by atoms with Crippen LogP contribution in [0.15, 0.2) is 18.5 Å². The quantitative estimate of drug-likeness (QED) is 0.861. The van der Waals surface area contributed by atoms with Crippen LogP contribution in [0.5, 0.6) is 0 Å². The fourth-order valence-corrected chi connectivity index (χ4v) is 4.88. The Morgan fingerprint density at radius 1 is 1.19 bits per heavy atom. The Bertz CT molecular complexity index is 645. The maximum Gasteiger partial charge on any atom is 0.250 e. The Hall–Kier alpha value is -1.89. The number of amides is 2. The molecule has 1 aromatic heterocycles. The third-order valence-electron chi connectivity index (χ3n) is 6.57. The van der Waals surface area contributed by atoms with Crippen LogP contribution in [0, 0.1) is 5.92 Å². The smallest absolute Gasteiger partial charge is 0.250 e. The molecular weight excluding hydrogens is 342 g/mol. The van der Waals surface area contributed by atoms with Gasteiger partial charge in [0.05, 0.1) is 0 Å². The molecule has 148 valence electrons. The second-order valence-corrected chi connectivity index (χ2v) is 8.26. The van der Waals surface area contributed by atoms with Crippen molar-refractivity contribution in [1.82, 2.24) is 24.9 Å². The molecule has 0 unspecified atom stereocenters. The molecule has 0 bridgehead atoms. The lowest BCUT2D eigenvalue weighted by atomic mass is 9.85. The summed E-state index contributed by atoms with van der Waals surface area (Å²) in [6, 6.07) is 1.90. The number of likely N-dealkylation sites (tertiary alicyclic amines) is 2. The second-order valence-electron chi connectivity index (χ2n) is 8.26. The number of nitrogens with zero attached hydrogens (tertiary/aromatic N) is 4. The number of rotatable bonds is 4. The molecule has 3 fully saturated rings. The van der Waals surface area contributed by atoms with Gasteiger partial charge in [0.2, 0.25) is 5.91 Å². The minimum absolute atomic E-state index is 0.222. The topological polar surface area (TPSA) is 70.5 Å². The summed E-state index contributed by atoms with van der Waals surface area (Å²) in [5, 5.41) is 7.79. The van der Waals surface area contributed by atoms with Gasteiger partial charge in [-0.1, -0.05) is 0 Å². The van der Waals surface area contributed by atoms with Gasteiger partial charge in [-0.05, 0) is 63.6 Å². The molecule has 4 heterocycles. The summed E-state index contributed by atoms with van der Waals surface area (Å²) in [5.41, 5.74) is -0.537. The molecule has 1 aromatic rings. The van der Waals surface area contributed by atoms with Crippen LogP contribution < -0.4 is 5.32 Å². The summed E-state index contributed by atoms with van der Waals surface area (Å²) >= 11 is 0. The van der Waals surface area contributed by atoms with E-state index >= 15 is 0 Å². The predicted octanol–water partition coefficient (Wildman–Crippen LogP) is 1.21. The van der Waals surface area contributed by atoms with Crippen molar-refractivity contribution in [1.29, 1.82) is 0 Å². The minimum atomic E-state index is -0.537. The van der Waals surface area contributed by atoms with Gasteiger partial charge in [-0.2, -0.15) is 5.10 Å². The fourth-order valence-electron chi connectivity index (χ4n) is 4.88. The molecule has 7 nitrogen and oxygen atoms in total. The van der Waals surface area contributed by atoms with Gasteiger partial charge in [0, 0.05) is 45.0 Å². The van der Waals surface area contributed by atoms with E-state index in [0.29, 0.717) is 18.2 Å². The molecular formula is C20H31N5O2. The number of aromatic nitrogens is 2. The van der Waals surface area contributed by atoms with E-state index in [1.807, 2.05) is 26.7 Å². The van der Waals surface area contributed by atoms with Crippen molar-refractivity contribution in [3.63, 3.8) is 0 Å². The van der Waals surface area contributed by atoms with Crippen LogP contribution in [0.2, 0.25) is 0 Å². The van der Waals surface area contributed by atoms with Crippen LogP contribution >= 0.6 is 0 Å². The Morgan fingerprint density at radius 2 is 1.96 bits per heavy atom. The molecule has 3 aliphatic heterocycles. The zero-order valence-corrected chi connectivity index (χ0v) is 16.1. The molecule has 7 heteroatoms. The highest BCUT2D eigenvalue weighted by Crippen LogP contribution is 2.31. The number of hydrogen-bond donors (Lipinski definition) is 1. The number of piperidine rings is 3. The average molecular weight is 374 g/mol. The van der Waals surface area contributed by atoms with Crippen LogP contribution in [-0.2, 0) is 15.1 Å². The van der Waals surface area contributed by atoms with Gasteiger partial charge in [0.15, 0.2) is 0 Å². The summed E-state index contributed by atoms with van der Waals surface area (Å²) in [5.74, 6) is 1.05. The van der Waals surface area contributed by atoms with Crippen LogP contribution in [0.1, 0.15) is 44.9 Å². The van der Waals surface area contributed by atoms with Crippen molar-refractivity contribution in [2.75, 3.05) is 39.3 Å². The van der Waals surface area contributed by atoms with Crippen molar-refractivity contribution < 1.29 is 9.59 Å². The lowest BCUT2D eigenvalue weighted by Gasteiger charge is -2.43. The third kappa shape index (κ3) is 3.74. The molecule has 2 amide bonds. The average Bonchev–Trinajstić information content (AvgIpc) is 3.26. The van der Waals surface area contributed by atoms with Crippen LogP contribution in [0.3, 0.4) is 0 Å². The Kier molecular flexibility index (Phi) is 5.48. The van der Waals surface area contributed by atoms with E-state index in [2.05, 4.69) is 10.4 Å². The molecule has 0 spiro atoms. The Balaban J connectivity index is 1.38. The highest BCUT2D eigenvalue weighted by Gasteiger charge is 2.45. The third-order valence-corrected chi connectivity index (χ3v) is 6.57. The summed E-state index contributed by atoms with van der Waals surface area (Å²) < 4.78 is 1.88. The molecule has 3 aliphatic rings. The first-order valence-corrected chi connectivity index (χ1v) is 10.5. The van der Waals surface area contributed by atoms with Crippen molar-refractivity contribution in [2.24, 2.45) is 5.92 Å². The van der Waals surface area contributed by atoms with E-state index in [1.165, 1.54) is 0 Å². The Labute approximate surface area is 161 Å². The molecule has 4 rings (SSSR count). The second kappa shape index (κ2) is 8.00. The number of carbonyl (C=O) groups excluding carboxylic acids is 2. The molecule has 0 saturated carbocycles. The monoisotopic (exact) mass is 373 g/mol. The molecule has 1 N–H and O–H groups in total. The van der Waals surface area contributed by atoms with E-state index < -0.39 is 5.54 Å². The van der Waals surface area contributed by atoms with Gasteiger partial charge in [0.1, 0.15) is 5.54 Å². The lowest BCUT2D eigenvalue weighted by molar-refractivity contribution is -0.145. The normalized spacial score (nSPS) is 24.2. The fraction of sp³-hybridized carbons (Fsp3) is 0.750. The predicted molar refractivity (Wildman–Crippen MR) is 102 cm³/mol. The zero-order chi connectivity index (χ0) is 18.7. The maximum atomic E-state index is 13.5.